The summed E-state index contributed by atoms with van der Waals surface area (Å²) in [5.74, 6) is 0.111. The van der Waals surface area contributed by atoms with Gasteiger partial charge in [-0.1, -0.05) is 45.4 Å². The van der Waals surface area contributed by atoms with Crippen molar-refractivity contribution in [2.75, 3.05) is 5.32 Å². The fourth-order valence-electron chi connectivity index (χ4n) is 1.68. The Morgan fingerprint density at radius 2 is 1.85 bits per heavy atom. The van der Waals surface area contributed by atoms with Crippen LogP contribution in [0.2, 0.25) is 0 Å². The second kappa shape index (κ2) is 6.76. The monoisotopic (exact) mass is 397 g/mol. The molecule has 2 rings (SSSR count). The predicted octanol–water partition coefficient (Wildman–Crippen LogP) is 3.92. The SMILES string of the molecule is NC(=NO)c1ccc(CNc2ccc(Br)cc2Br)cc1. The molecule has 0 spiro atoms. The zero-order valence-electron chi connectivity index (χ0n) is 10.5. The maximum Gasteiger partial charge on any atom is 0.170 e. The van der Waals surface area contributed by atoms with Gasteiger partial charge in [0.25, 0.3) is 0 Å². The van der Waals surface area contributed by atoms with Gasteiger partial charge in [-0.05, 0) is 39.7 Å². The van der Waals surface area contributed by atoms with Gasteiger partial charge in [-0.15, -0.1) is 0 Å². The van der Waals surface area contributed by atoms with E-state index in [1.165, 1.54) is 0 Å². The average molecular weight is 399 g/mol. The molecule has 0 bridgehead atoms. The van der Waals surface area contributed by atoms with Crippen molar-refractivity contribution in [1.82, 2.24) is 0 Å². The molecule has 0 aliphatic carbocycles. The summed E-state index contributed by atoms with van der Waals surface area (Å²) in [6.07, 6.45) is 0. The van der Waals surface area contributed by atoms with E-state index in [-0.39, 0.29) is 5.84 Å². The maximum absolute atomic E-state index is 8.60. The first-order valence-corrected chi connectivity index (χ1v) is 7.44. The molecule has 0 saturated heterocycles. The number of anilines is 1. The molecule has 20 heavy (non-hydrogen) atoms. The topological polar surface area (TPSA) is 70.6 Å². The zero-order valence-corrected chi connectivity index (χ0v) is 13.6. The Bertz CT molecular complexity index is 627. The van der Waals surface area contributed by atoms with E-state index in [1.54, 1.807) is 0 Å². The minimum atomic E-state index is 0.111. The van der Waals surface area contributed by atoms with E-state index in [0.29, 0.717) is 12.1 Å². The number of benzene rings is 2. The van der Waals surface area contributed by atoms with Gasteiger partial charge < -0.3 is 16.3 Å². The van der Waals surface area contributed by atoms with E-state index in [4.69, 9.17) is 10.9 Å². The first-order chi connectivity index (χ1) is 9.60. The Morgan fingerprint density at radius 3 is 2.45 bits per heavy atom. The van der Waals surface area contributed by atoms with Crippen molar-refractivity contribution in [2.24, 2.45) is 10.9 Å². The number of hydrogen-bond acceptors (Lipinski definition) is 3. The molecule has 0 amide bonds. The molecule has 0 heterocycles. The van der Waals surface area contributed by atoms with Crippen molar-refractivity contribution in [1.29, 1.82) is 0 Å². The highest BCUT2D eigenvalue weighted by Crippen LogP contribution is 2.26. The van der Waals surface area contributed by atoms with E-state index >= 15 is 0 Å². The van der Waals surface area contributed by atoms with Crippen LogP contribution in [0.3, 0.4) is 0 Å². The number of nitrogens with two attached hydrogens (primary N) is 1. The van der Waals surface area contributed by atoms with E-state index in [1.807, 2.05) is 42.5 Å². The summed E-state index contributed by atoms with van der Waals surface area (Å²) in [5.41, 5.74) is 8.34. The lowest BCUT2D eigenvalue weighted by Gasteiger charge is -2.09. The third kappa shape index (κ3) is 3.74. The van der Waals surface area contributed by atoms with E-state index in [0.717, 1.165) is 20.2 Å². The normalized spacial score (nSPS) is 11.4. The molecule has 0 radical (unpaired) electrons. The third-order valence-corrected chi connectivity index (χ3v) is 3.92. The summed E-state index contributed by atoms with van der Waals surface area (Å²) < 4.78 is 2.03. The number of amidine groups is 1. The van der Waals surface area contributed by atoms with E-state index in [2.05, 4.69) is 42.3 Å². The van der Waals surface area contributed by atoms with Crippen LogP contribution >= 0.6 is 31.9 Å². The molecule has 2 aromatic rings. The molecular weight excluding hydrogens is 386 g/mol. The minimum Gasteiger partial charge on any atom is -0.409 e. The van der Waals surface area contributed by atoms with Crippen molar-refractivity contribution >= 4 is 43.4 Å². The molecule has 0 aliphatic rings. The van der Waals surface area contributed by atoms with Gasteiger partial charge >= 0.3 is 0 Å². The fourth-order valence-corrected chi connectivity index (χ4v) is 2.87. The summed E-state index contributed by atoms with van der Waals surface area (Å²) in [6, 6.07) is 13.5. The molecule has 6 heteroatoms. The van der Waals surface area contributed by atoms with Crippen molar-refractivity contribution in [3.63, 3.8) is 0 Å². The zero-order chi connectivity index (χ0) is 14.5. The van der Waals surface area contributed by atoms with Gasteiger partial charge in [0, 0.05) is 26.7 Å². The van der Waals surface area contributed by atoms with Crippen LogP contribution in [-0.4, -0.2) is 11.0 Å². The van der Waals surface area contributed by atoms with Crippen LogP contribution in [0.1, 0.15) is 11.1 Å². The predicted molar refractivity (Wildman–Crippen MR) is 88.1 cm³/mol. The van der Waals surface area contributed by atoms with Gasteiger partial charge in [-0.25, -0.2) is 0 Å². The summed E-state index contributed by atoms with van der Waals surface area (Å²) in [6.45, 7) is 0.691. The molecule has 0 unspecified atom stereocenters. The molecule has 0 aliphatic heterocycles. The second-order valence-corrected chi connectivity index (χ2v) is 5.93. The smallest absolute Gasteiger partial charge is 0.170 e. The molecule has 4 nitrogen and oxygen atoms in total. The van der Waals surface area contributed by atoms with Crippen LogP contribution < -0.4 is 11.1 Å². The molecular formula is C14H13Br2N3O. The molecule has 104 valence electrons. The second-order valence-electron chi connectivity index (χ2n) is 4.16. The highest BCUT2D eigenvalue weighted by Gasteiger charge is 2.02. The summed E-state index contributed by atoms with van der Waals surface area (Å²) in [4.78, 5) is 0. The van der Waals surface area contributed by atoms with Crippen LogP contribution in [0.4, 0.5) is 5.69 Å². The van der Waals surface area contributed by atoms with Crippen LogP contribution in [-0.2, 0) is 6.54 Å². The summed E-state index contributed by atoms with van der Waals surface area (Å²) in [7, 11) is 0. The van der Waals surface area contributed by atoms with Crippen LogP contribution in [0.15, 0.2) is 56.6 Å². The first-order valence-electron chi connectivity index (χ1n) is 5.86. The molecule has 0 atom stereocenters. The summed E-state index contributed by atoms with van der Waals surface area (Å²) >= 11 is 6.93. The number of nitrogens with one attached hydrogen (secondary N) is 1. The molecule has 0 saturated carbocycles. The van der Waals surface area contributed by atoms with Crippen molar-refractivity contribution in [2.45, 2.75) is 6.54 Å². The number of hydrogen-bond donors (Lipinski definition) is 3. The standard InChI is InChI=1S/C14H13Br2N3O/c15-11-5-6-13(12(16)7-11)18-8-9-1-3-10(4-2-9)14(17)19-20/h1-7,18,20H,8H2,(H2,17,19). The van der Waals surface area contributed by atoms with Gasteiger partial charge in [0.15, 0.2) is 5.84 Å². The van der Waals surface area contributed by atoms with Gasteiger partial charge in [0.05, 0.1) is 0 Å². The van der Waals surface area contributed by atoms with Crippen molar-refractivity contribution in [3.8, 4) is 0 Å². The maximum atomic E-state index is 8.60. The van der Waals surface area contributed by atoms with Crippen LogP contribution in [0.5, 0.6) is 0 Å². The van der Waals surface area contributed by atoms with Gasteiger partial charge in [-0.3, -0.25) is 0 Å². The van der Waals surface area contributed by atoms with Crippen molar-refractivity contribution < 1.29 is 5.21 Å². The van der Waals surface area contributed by atoms with Crippen LogP contribution in [0.25, 0.3) is 0 Å². The Balaban J connectivity index is 2.04. The highest BCUT2D eigenvalue weighted by molar-refractivity contribution is 9.11. The lowest BCUT2D eigenvalue weighted by molar-refractivity contribution is 0.318. The molecule has 4 N–H and O–H groups in total. The van der Waals surface area contributed by atoms with Gasteiger partial charge in [0.2, 0.25) is 0 Å². The van der Waals surface area contributed by atoms with Crippen LogP contribution in [0, 0.1) is 0 Å². The largest absolute Gasteiger partial charge is 0.409 e. The Kier molecular flexibility index (Phi) is 5.03. The van der Waals surface area contributed by atoms with E-state index < -0.39 is 0 Å². The highest BCUT2D eigenvalue weighted by atomic mass is 79.9. The lowest BCUT2D eigenvalue weighted by atomic mass is 10.1. The Morgan fingerprint density at radius 1 is 1.15 bits per heavy atom. The average Bonchev–Trinajstić information content (AvgIpc) is 2.46. The third-order valence-electron chi connectivity index (χ3n) is 2.77. The molecule has 0 aromatic heterocycles. The van der Waals surface area contributed by atoms with E-state index in [9.17, 15) is 0 Å². The quantitative estimate of drug-likeness (QED) is 0.316. The Hall–Kier alpha value is -1.53. The number of halogens is 2. The summed E-state index contributed by atoms with van der Waals surface area (Å²) in [5, 5.41) is 14.9. The minimum absolute atomic E-state index is 0.111. The molecule has 2 aromatic carbocycles. The number of oxime groups is 1. The molecule has 0 fully saturated rings. The number of nitrogens with zero attached hydrogens (tertiary/aromatic N) is 1. The van der Waals surface area contributed by atoms with Gasteiger partial charge in [0.1, 0.15) is 0 Å². The first kappa shape index (κ1) is 14.9. The lowest BCUT2D eigenvalue weighted by Crippen LogP contribution is -2.13. The van der Waals surface area contributed by atoms with Gasteiger partial charge in [-0.2, -0.15) is 0 Å². The number of rotatable bonds is 4. The van der Waals surface area contributed by atoms with Crippen molar-refractivity contribution in [3.05, 3.63) is 62.5 Å². The fraction of sp³-hybridized carbons (Fsp3) is 0.0714. The Labute approximate surface area is 133 Å².